The van der Waals surface area contributed by atoms with Crippen molar-refractivity contribution >= 4 is 33.7 Å². The van der Waals surface area contributed by atoms with E-state index in [2.05, 4.69) is 21.2 Å². The summed E-state index contributed by atoms with van der Waals surface area (Å²) in [7, 11) is 0. The number of carboxylic acid groups (broad SMARTS) is 1. The monoisotopic (exact) mass is 345 g/mol. The number of thioether (sulfide) groups is 1. The maximum Gasteiger partial charge on any atom is 0.323 e. The van der Waals surface area contributed by atoms with Crippen molar-refractivity contribution in [1.82, 2.24) is 5.32 Å². The van der Waals surface area contributed by atoms with Crippen LogP contribution >= 0.6 is 27.7 Å². The zero-order valence-corrected chi connectivity index (χ0v) is 13.8. The normalized spacial score (nSPS) is 14.4. The summed E-state index contributed by atoms with van der Waals surface area (Å²) >= 11 is 5.07. The average Bonchev–Trinajstić information content (AvgIpc) is 2.30. The van der Waals surface area contributed by atoms with E-state index in [9.17, 15) is 9.90 Å². The van der Waals surface area contributed by atoms with Crippen LogP contribution in [0.25, 0.3) is 0 Å². The highest BCUT2D eigenvalue weighted by Crippen LogP contribution is 2.24. The van der Waals surface area contributed by atoms with Crippen LogP contribution in [0.2, 0.25) is 0 Å². The minimum atomic E-state index is -0.865. The molecule has 1 rings (SSSR count). The second-order valence-corrected chi connectivity index (χ2v) is 7.07. The van der Waals surface area contributed by atoms with E-state index in [1.165, 1.54) is 0 Å². The van der Waals surface area contributed by atoms with Gasteiger partial charge in [-0.25, -0.2) is 0 Å². The molecule has 0 aliphatic heterocycles. The minimum absolute atomic E-state index is 0.152. The third-order valence-corrected chi connectivity index (χ3v) is 4.31. The molecule has 1 unspecified atom stereocenters. The number of hydrogen-bond acceptors (Lipinski definition) is 3. The molecule has 0 saturated carbocycles. The molecule has 19 heavy (non-hydrogen) atoms. The van der Waals surface area contributed by atoms with Crippen molar-refractivity contribution in [3.63, 3.8) is 0 Å². The van der Waals surface area contributed by atoms with Crippen LogP contribution in [0.4, 0.5) is 0 Å². The van der Waals surface area contributed by atoms with E-state index in [1.54, 1.807) is 18.7 Å². The van der Waals surface area contributed by atoms with Crippen LogP contribution in [-0.4, -0.2) is 28.4 Å². The van der Waals surface area contributed by atoms with Gasteiger partial charge >= 0.3 is 5.97 Å². The van der Waals surface area contributed by atoms with Crippen LogP contribution in [0.15, 0.2) is 33.6 Å². The molecule has 0 aliphatic carbocycles. The molecule has 0 aliphatic rings. The summed E-state index contributed by atoms with van der Waals surface area (Å²) in [6.07, 6.45) is 0.585. The van der Waals surface area contributed by atoms with Gasteiger partial charge < -0.3 is 5.11 Å². The second kappa shape index (κ2) is 7.31. The Labute approximate surface area is 127 Å². The molecule has 0 aromatic heterocycles. The summed E-state index contributed by atoms with van der Waals surface area (Å²) in [5, 5.41) is 12.5. The Balaban J connectivity index is 2.53. The number of rotatable bonds is 7. The summed E-state index contributed by atoms with van der Waals surface area (Å²) in [4.78, 5) is 12.5. The molecule has 1 aromatic carbocycles. The molecule has 0 radical (unpaired) electrons. The first-order valence-corrected chi connectivity index (χ1v) is 8.01. The maximum atomic E-state index is 11.4. The Bertz CT molecular complexity index is 422. The molecule has 106 valence electrons. The SMILES string of the molecule is CC(C)NC(C)(CCSc1ccc(Br)cc1)C(=O)O. The minimum Gasteiger partial charge on any atom is -0.480 e. The first-order valence-electron chi connectivity index (χ1n) is 6.23. The fraction of sp³-hybridized carbons (Fsp3) is 0.500. The van der Waals surface area contributed by atoms with Crippen molar-refractivity contribution in [2.45, 2.75) is 43.7 Å². The van der Waals surface area contributed by atoms with E-state index in [0.717, 1.165) is 15.1 Å². The number of nitrogens with one attached hydrogen (secondary N) is 1. The predicted octanol–water partition coefficient (Wildman–Crippen LogP) is 3.77. The van der Waals surface area contributed by atoms with Gasteiger partial charge in [-0.3, -0.25) is 10.1 Å². The highest BCUT2D eigenvalue weighted by Gasteiger charge is 2.32. The van der Waals surface area contributed by atoms with Crippen molar-refractivity contribution in [3.05, 3.63) is 28.7 Å². The summed E-state index contributed by atoms with van der Waals surface area (Å²) in [5.41, 5.74) is -0.865. The Kier molecular flexibility index (Phi) is 6.36. The number of hydrogen-bond donors (Lipinski definition) is 2. The number of carboxylic acids is 1. The molecular weight excluding hydrogens is 326 g/mol. The molecule has 5 heteroatoms. The molecule has 0 amide bonds. The lowest BCUT2D eigenvalue weighted by atomic mass is 9.98. The van der Waals surface area contributed by atoms with Gasteiger partial charge in [0, 0.05) is 21.2 Å². The number of carbonyl (C=O) groups is 1. The molecular formula is C14H20BrNO2S. The first-order chi connectivity index (χ1) is 8.83. The van der Waals surface area contributed by atoms with Gasteiger partial charge in [0.1, 0.15) is 5.54 Å². The van der Waals surface area contributed by atoms with Crippen LogP contribution in [0.3, 0.4) is 0 Å². The topological polar surface area (TPSA) is 49.3 Å². The van der Waals surface area contributed by atoms with Crippen LogP contribution in [-0.2, 0) is 4.79 Å². The summed E-state index contributed by atoms with van der Waals surface area (Å²) < 4.78 is 1.05. The zero-order chi connectivity index (χ0) is 14.5. The van der Waals surface area contributed by atoms with Crippen molar-refractivity contribution in [2.24, 2.45) is 0 Å². The van der Waals surface area contributed by atoms with E-state index in [-0.39, 0.29) is 6.04 Å². The average molecular weight is 346 g/mol. The van der Waals surface area contributed by atoms with Crippen molar-refractivity contribution in [1.29, 1.82) is 0 Å². The van der Waals surface area contributed by atoms with Crippen LogP contribution in [0.1, 0.15) is 27.2 Å². The molecule has 1 atom stereocenters. The molecule has 0 bridgehead atoms. The Hall–Kier alpha value is -0.520. The van der Waals surface area contributed by atoms with Gasteiger partial charge in [-0.05, 0) is 51.5 Å². The highest BCUT2D eigenvalue weighted by molar-refractivity contribution is 9.10. The van der Waals surface area contributed by atoms with Gasteiger partial charge in [0.05, 0.1) is 0 Å². The van der Waals surface area contributed by atoms with Gasteiger partial charge in [0.25, 0.3) is 0 Å². The lowest BCUT2D eigenvalue weighted by molar-refractivity contribution is -0.144. The first kappa shape index (κ1) is 16.5. The molecule has 0 fully saturated rings. The third kappa shape index (κ3) is 5.55. The van der Waals surface area contributed by atoms with Crippen molar-refractivity contribution in [3.8, 4) is 0 Å². The quantitative estimate of drug-likeness (QED) is 0.738. The van der Waals surface area contributed by atoms with E-state index in [4.69, 9.17) is 0 Å². The van der Waals surface area contributed by atoms with E-state index < -0.39 is 11.5 Å². The standard InChI is InChI=1S/C14H20BrNO2S/c1-10(2)16-14(3,13(17)18)8-9-19-12-6-4-11(15)5-7-12/h4-7,10,16H,8-9H2,1-3H3,(H,17,18). The third-order valence-electron chi connectivity index (χ3n) is 2.76. The Morgan fingerprint density at radius 3 is 2.47 bits per heavy atom. The Morgan fingerprint density at radius 1 is 1.42 bits per heavy atom. The lowest BCUT2D eigenvalue weighted by Crippen LogP contribution is -2.52. The van der Waals surface area contributed by atoms with Gasteiger partial charge in [0.2, 0.25) is 0 Å². The Morgan fingerprint density at radius 2 is 2.00 bits per heavy atom. The van der Waals surface area contributed by atoms with Crippen molar-refractivity contribution < 1.29 is 9.90 Å². The fourth-order valence-corrected chi connectivity index (χ4v) is 3.12. The molecule has 3 nitrogen and oxygen atoms in total. The molecule has 0 heterocycles. The number of halogens is 1. The highest BCUT2D eigenvalue weighted by atomic mass is 79.9. The van der Waals surface area contributed by atoms with Gasteiger partial charge in [0.15, 0.2) is 0 Å². The summed E-state index contributed by atoms with van der Waals surface area (Å²) in [5.74, 6) is -0.0259. The van der Waals surface area contributed by atoms with E-state index in [1.807, 2.05) is 38.1 Å². The molecule has 0 spiro atoms. The number of aliphatic carboxylic acids is 1. The van der Waals surface area contributed by atoms with Crippen molar-refractivity contribution in [2.75, 3.05) is 5.75 Å². The summed E-state index contributed by atoms with van der Waals surface area (Å²) in [6.45, 7) is 5.67. The molecule has 0 saturated heterocycles. The smallest absolute Gasteiger partial charge is 0.323 e. The fourth-order valence-electron chi connectivity index (χ4n) is 1.78. The second-order valence-electron chi connectivity index (χ2n) is 4.99. The van der Waals surface area contributed by atoms with Crippen LogP contribution in [0, 0.1) is 0 Å². The van der Waals surface area contributed by atoms with Crippen LogP contribution < -0.4 is 5.32 Å². The maximum absolute atomic E-state index is 11.4. The molecule has 1 aromatic rings. The van der Waals surface area contributed by atoms with E-state index in [0.29, 0.717) is 6.42 Å². The van der Waals surface area contributed by atoms with Gasteiger partial charge in [-0.1, -0.05) is 15.9 Å². The van der Waals surface area contributed by atoms with E-state index >= 15 is 0 Å². The van der Waals surface area contributed by atoms with Gasteiger partial charge in [-0.15, -0.1) is 11.8 Å². The zero-order valence-electron chi connectivity index (χ0n) is 11.4. The molecule has 2 N–H and O–H groups in total. The predicted molar refractivity (Wildman–Crippen MR) is 83.8 cm³/mol. The largest absolute Gasteiger partial charge is 0.480 e. The summed E-state index contributed by atoms with van der Waals surface area (Å²) in [6, 6.07) is 8.19. The van der Waals surface area contributed by atoms with Gasteiger partial charge in [-0.2, -0.15) is 0 Å². The lowest BCUT2D eigenvalue weighted by Gasteiger charge is -2.28. The van der Waals surface area contributed by atoms with Crippen LogP contribution in [0.5, 0.6) is 0 Å². The number of benzene rings is 1.